The maximum atomic E-state index is 14.9. The van der Waals surface area contributed by atoms with Gasteiger partial charge in [-0.25, -0.2) is 18.7 Å². The molecule has 1 aromatic heterocycles. The van der Waals surface area contributed by atoms with Gasteiger partial charge in [0.2, 0.25) is 5.95 Å². The summed E-state index contributed by atoms with van der Waals surface area (Å²) in [5.41, 5.74) is 2.21. The first-order valence-corrected chi connectivity index (χ1v) is 14.3. The van der Waals surface area contributed by atoms with E-state index in [1.54, 1.807) is 30.5 Å². The van der Waals surface area contributed by atoms with Crippen molar-refractivity contribution in [3.05, 3.63) is 66.0 Å². The third-order valence-electron chi connectivity index (χ3n) is 7.70. The number of hydrogen-bond donors (Lipinski definition) is 0. The van der Waals surface area contributed by atoms with Crippen LogP contribution in [0.1, 0.15) is 32.3 Å². The molecule has 1 aliphatic heterocycles. The zero-order chi connectivity index (χ0) is 25.4. The first kappa shape index (κ1) is 24.8. The van der Waals surface area contributed by atoms with Gasteiger partial charge in [-0.15, -0.1) is 4.21 Å². The Morgan fingerprint density at radius 2 is 1.61 bits per heavy atom. The second-order valence-electron chi connectivity index (χ2n) is 10.0. The van der Waals surface area contributed by atoms with E-state index in [9.17, 15) is 13.0 Å². The van der Waals surface area contributed by atoms with Crippen molar-refractivity contribution < 1.29 is 17.7 Å². The molecule has 1 aliphatic carbocycles. The quantitative estimate of drug-likeness (QED) is 0.305. The first-order chi connectivity index (χ1) is 17.3. The molecule has 2 aliphatic rings. The van der Waals surface area contributed by atoms with Crippen molar-refractivity contribution in [2.24, 2.45) is 17.8 Å². The second-order valence-corrected chi connectivity index (χ2v) is 11.5. The van der Waals surface area contributed by atoms with Gasteiger partial charge in [0.05, 0.1) is 6.10 Å². The van der Waals surface area contributed by atoms with Gasteiger partial charge in [-0.2, -0.15) is 0 Å². The highest BCUT2D eigenvalue weighted by atomic mass is 32.2. The highest BCUT2D eigenvalue weighted by Gasteiger charge is 2.43. The van der Waals surface area contributed by atoms with Crippen LogP contribution in [0.4, 0.5) is 14.7 Å². The van der Waals surface area contributed by atoms with Gasteiger partial charge in [-0.3, -0.25) is 0 Å². The molecule has 2 aromatic carbocycles. The molecule has 1 saturated carbocycles. The van der Waals surface area contributed by atoms with Crippen LogP contribution >= 0.6 is 0 Å². The summed E-state index contributed by atoms with van der Waals surface area (Å²) in [5.74, 6) is 0.307. The third kappa shape index (κ3) is 5.01. The lowest BCUT2D eigenvalue weighted by Gasteiger charge is -2.24. The number of aromatic nitrogens is 2. The Hall–Kier alpha value is -2.87. The number of nitrogens with zero attached hydrogens (tertiary/aromatic N) is 3. The molecule has 0 radical (unpaired) electrons. The lowest BCUT2D eigenvalue weighted by atomic mass is 9.99. The summed E-state index contributed by atoms with van der Waals surface area (Å²) in [6, 6.07) is 9.51. The predicted molar refractivity (Wildman–Crippen MR) is 139 cm³/mol. The molecule has 5 rings (SSSR count). The zero-order valence-electron chi connectivity index (χ0n) is 20.8. The van der Waals surface area contributed by atoms with E-state index in [-0.39, 0.29) is 17.8 Å². The Morgan fingerprint density at radius 1 is 1.03 bits per heavy atom. The molecular weight excluding hydrogens is 480 g/mol. The van der Waals surface area contributed by atoms with Crippen molar-refractivity contribution in [3.63, 3.8) is 0 Å². The van der Waals surface area contributed by atoms with E-state index in [0.717, 1.165) is 43.9 Å². The molecule has 8 heteroatoms. The van der Waals surface area contributed by atoms with Crippen molar-refractivity contribution in [1.29, 1.82) is 0 Å². The zero-order valence-corrected chi connectivity index (χ0v) is 21.7. The summed E-state index contributed by atoms with van der Waals surface area (Å²) < 4.78 is 47.4. The van der Waals surface area contributed by atoms with E-state index in [4.69, 9.17) is 4.74 Å². The summed E-state index contributed by atoms with van der Waals surface area (Å²) in [6.45, 7) is 5.81. The molecule has 5 nitrogen and oxygen atoms in total. The number of anilines is 1. The minimum absolute atomic E-state index is 0.243. The van der Waals surface area contributed by atoms with Crippen molar-refractivity contribution >= 4 is 16.7 Å². The minimum Gasteiger partial charge on any atom is -0.484 e. The molecule has 2 heterocycles. The van der Waals surface area contributed by atoms with Gasteiger partial charge in [0.25, 0.3) is 0 Å². The lowest BCUT2D eigenvalue weighted by molar-refractivity contribution is 0.137. The lowest BCUT2D eigenvalue weighted by Crippen LogP contribution is -2.27. The molecule has 1 saturated heterocycles. The van der Waals surface area contributed by atoms with Crippen molar-refractivity contribution in [1.82, 2.24) is 9.97 Å². The van der Waals surface area contributed by atoms with Crippen LogP contribution in [-0.2, 0) is 21.4 Å². The molecule has 3 unspecified atom stereocenters. The van der Waals surface area contributed by atoms with Crippen LogP contribution in [0.3, 0.4) is 0 Å². The number of hydrogen-bond acceptors (Lipinski definition) is 5. The molecule has 0 N–H and O–H groups in total. The number of halogens is 2. The van der Waals surface area contributed by atoms with Gasteiger partial charge < -0.3 is 9.64 Å². The maximum Gasteiger partial charge on any atom is 0.225 e. The van der Waals surface area contributed by atoms with Crippen LogP contribution in [-0.4, -0.2) is 35.4 Å². The standard InChI is InChI=1S/C28H31F2N3O2S/c1-4-18-13-31-28(32-14-18)33-15-22-9-20(10-23(22)16-33)17(2)35-27-25(29)11-21(12-26(27)30)19-5-7-24(8-6-19)36(3)34/h5-8,11-14,17,20,22-23H,4,9-10,15-16H2,1-3H3/p+1/t17-,20?,22-,23?,36?/m0/s1. The number of thiol groups is 1. The molecule has 2 fully saturated rings. The van der Waals surface area contributed by atoms with Gasteiger partial charge in [0.1, 0.15) is 17.1 Å². The smallest absolute Gasteiger partial charge is 0.225 e. The fourth-order valence-corrected chi connectivity index (χ4v) is 6.14. The number of aryl methyl sites for hydroxylation is 1. The van der Waals surface area contributed by atoms with Crippen LogP contribution in [0.5, 0.6) is 5.75 Å². The van der Waals surface area contributed by atoms with Gasteiger partial charge >= 0.3 is 0 Å². The minimum atomic E-state index is -1.46. The van der Waals surface area contributed by atoms with E-state index < -0.39 is 22.4 Å². The van der Waals surface area contributed by atoms with Gasteiger partial charge in [0.15, 0.2) is 22.3 Å². The highest BCUT2D eigenvalue weighted by Crippen LogP contribution is 2.44. The Labute approximate surface area is 213 Å². The van der Waals surface area contributed by atoms with Gasteiger partial charge in [0, 0.05) is 25.5 Å². The summed E-state index contributed by atoms with van der Waals surface area (Å²) in [5, 5.41) is 0. The van der Waals surface area contributed by atoms with E-state index in [0.29, 0.717) is 27.9 Å². The average molecular weight is 513 g/mol. The second kappa shape index (κ2) is 10.2. The van der Waals surface area contributed by atoms with Crippen LogP contribution < -0.4 is 9.64 Å². The third-order valence-corrected chi connectivity index (χ3v) is 8.73. The van der Waals surface area contributed by atoms with Gasteiger partial charge in [-0.1, -0.05) is 6.92 Å². The van der Waals surface area contributed by atoms with Crippen molar-refractivity contribution in [3.8, 4) is 16.9 Å². The summed E-state index contributed by atoms with van der Waals surface area (Å²) >= 11 is 0. The number of fused-ring (bicyclic) bond motifs is 1. The van der Waals surface area contributed by atoms with E-state index in [1.807, 2.05) is 19.3 Å². The Kier molecular flexibility index (Phi) is 7.06. The highest BCUT2D eigenvalue weighted by molar-refractivity contribution is 7.84. The van der Waals surface area contributed by atoms with Crippen molar-refractivity contribution in [2.75, 3.05) is 24.2 Å². The molecule has 3 aromatic rings. The van der Waals surface area contributed by atoms with Crippen LogP contribution in [0.2, 0.25) is 0 Å². The normalized spacial score (nSPS) is 22.9. The van der Waals surface area contributed by atoms with Crippen LogP contribution in [0.15, 0.2) is 53.7 Å². The fourth-order valence-electron chi connectivity index (χ4n) is 5.57. The molecule has 5 atom stereocenters. The monoisotopic (exact) mass is 512 g/mol. The van der Waals surface area contributed by atoms with E-state index in [2.05, 4.69) is 21.8 Å². The molecular formula is C28H32F2N3O2S+. The number of benzene rings is 2. The summed E-state index contributed by atoms with van der Waals surface area (Å²) in [7, 11) is -1.46. The van der Waals surface area contributed by atoms with Crippen LogP contribution in [0, 0.1) is 29.4 Å². The van der Waals surface area contributed by atoms with Crippen LogP contribution in [0.25, 0.3) is 11.1 Å². The molecule has 0 amide bonds. The first-order valence-electron chi connectivity index (χ1n) is 12.5. The number of ether oxygens (including phenoxy) is 1. The Balaban J connectivity index is 1.22. The van der Waals surface area contributed by atoms with Crippen molar-refractivity contribution in [2.45, 2.75) is 44.1 Å². The predicted octanol–water partition coefficient (Wildman–Crippen LogP) is 5.60. The summed E-state index contributed by atoms with van der Waals surface area (Å²) in [6.07, 6.45) is 7.97. The topological polar surface area (TPSA) is 55.3 Å². The molecule has 36 heavy (non-hydrogen) atoms. The molecule has 0 spiro atoms. The average Bonchev–Trinajstić information content (AvgIpc) is 3.46. The SMILES string of the molecule is CCc1cnc(N2CC3CC([C@H](C)Oc4c(F)cc(-c5ccc([SH+](C)=O)cc5)cc4F)C[C@H]3C2)nc1. The van der Waals surface area contributed by atoms with E-state index in [1.165, 1.54) is 12.1 Å². The molecule has 190 valence electrons. The maximum absolute atomic E-state index is 14.9. The van der Waals surface area contributed by atoms with Gasteiger partial charge in [-0.05, 0) is 97.0 Å². The number of rotatable bonds is 7. The Bertz CT molecular complexity index is 1220. The fraction of sp³-hybridized carbons (Fsp3) is 0.429. The summed E-state index contributed by atoms with van der Waals surface area (Å²) in [4.78, 5) is 12.0. The largest absolute Gasteiger partial charge is 0.484 e. The Morgan fingerprint density at radius 3 is 2.14 bits per heavy atom. The molecule has 0 bridgehead atoms. The van der Waals surface area contributed by atoms with E-state index >= 15 is 0 Å².